The van der Waals surface area contributed by atoms with Gasteiger partial charge in [0.05, 0.1) is 6.61 Å². The molecule has 1 atom stereocenters. The van der Waals surface area contributed by atoms with Gasteiger partial charge in [0.2, 0.25) is 0 Å². The average Bonchev–Trinajstić information content (AvgIpc) is 2.29. The van der Waals surface area contributed by atoms with E-state index in [1.54, 1.807) is 0 Å². The molecule has 0 aromatic heterocycles. The van der Waals surface area contributed by atoms with Crippen molar-refractivity contribution in [3.8, 4) is 5.75 Å². The van der Waals surface area contributed by atoms with Crippen molar-refractivity contribution in [1.82, 2.24) is 0 Å². The maximum atomic E-state index is 6.13. The Hall–Kier alpha value is -1.54. The van der Waals surface area contributed by atoms with Gasteiger partial charge in [-0.3, -0.25) is 0 Å². The molecule has 2 heteroatoms. The van der Waals surface area contributed by atoms with Crippen molar-refractivity contribution in [1.29, 1.82) is 0 Å². The van der Waals surface area contributed by atoms with Crippen LogP contribution in [-0.2, 0) is 0 Å². The Morgan fingerprint density at radius 2 is 2.00 bits per heavy atom. The summed E-state index contributed by atoms with van der Waals surface area (Å²) in [5, 5.41) is 2.46. The van der Waals surface area contributed by atoms with Crippen LogP contribution in [0.4, 0.5) is 0 Å². The average molecular weight is 199 g/mol. The van der Waals surface area contributed by atoms with E-state index in [-0.39, 0.29) is 6.04 Å². The third-order valence-electron chi connectivity index (χ3n) is 2.99. The van der Waals surface area contributed by atoms with Crippen molar-refractivity contribution in [2.45, 2.75) is 12.5 Å². The summed E-state index contributed by atoms with van der Waals surface area (Å²) in [6, 6.07) is 12.5. The zero-order chi connectivity index (χ0) is 10.3. The summed E-state index contributed by atoms with van der Waals surface area (Å²) < 4.78 is 5.62. The molecular weight excluding hydrogens is 186 g/mol. The molecule has 1 heterocycles. The Morgan fingerprint density at radius 3 is 2.93 bits per heavy atom. The first-order chi connectivity index (χ1) is 7.36. The molecule has 0 saturated carbocycles. The first-order valence-electron chi connectivity index (χ1n) is 5.26. The maximum absolute atomic E-state index is 6.13. The molecule has 2 nitrogen and oxygen atoms in total. The van der Waals surface area contributed by atoms with Crippen LogP contribution in [0.1, 0.15) is 18.0 Å². The minimum absolute atomic E-state index is 0.111. The highest BCUT2D eigenvalue weighted by Gasteiger charge is 2.19. The minimum atomic E-state index is 0.111. The highest BCUT2D eigenvalue weighted by atomic mass is 16.5. The Kier molecular flexibility index (Phi) is 1.89. The van der Waals surface area contributed by atoms with E-state index in [0.29, 0.717) is 0 Å². The van der Waals surface area contributed by atoms with Crippen LogP contribution in [0.2, 0.25) is 0 Å². The molecule has 2 aromatic rings. The van der Waals surface area contributed by atoms with Crippen molar-refractivity contribution >= 4 is 10.8 Å². The van der Waals surface area contributed by atoms with E-state index >= 15 is 0 Å². The second kappa shape index (κ2) is 3.24. The lowest BCUT2D eigenvalue weighted by atomic mass is 9.95. The van der Waals surface area contributed by atoms with Gasteiger partial charge in [-0.05, 0) is 16.8 Å². The number of hydrogen-bond donors (Lipinski definition) is 1. The summed E-state index contributed by atoms with van der Waals surface area (Å²) in [4.78, 5) is 0. The molecule has 15 heavy (non-hydrogen) atoms. The van der Waals surface area contributed by atoms with Gasteiger partial charge < -0.3 is 10.5 Å². The van der Waals surface area contributed by atoms with Gasteiger partial charge in [0.1, 0.15) is 5.75 Å². The molecule has 1 aliphatic heterocycles. The summed E-state index contributed by atoms with van der Waals surface area (Å²) in [5.41, 5.74) is 7.30. The zero-order valence-electron chi connectivity index (χ0n) is 8.44. The quantitative estimate of drug-likeness (QED) is 0.707. The van der Waals surface area contributed by atoms with Crippen LogP contribution in [0, 0.1) is 0 Å². The molecule has 0 aliphatic carbocycles. The predicted molar refractivity (Wildman–Crippen MR) is 61.0 cm³/mol. The maximum Gasteiger partial charge on any atom is 0.124 e. The number of nitrogens with two attached hydrogens (primary N) is 1. The second-order valence-corrected chi connectivity index (χ2v) is 3.94. The monoisotopic (exact) mass is 199 g/mol. The van der Waals surface area contributed by atoms with Gasteiger partial charge in [-0.15, -0.1) is 0 Å². The van der Waals surface area contributed by atoms with Gasteiger partial charge in [0.15, 0.2) is 0 Å². The third-order valence-corrected chi connectivity index (χ3v) is 2.99. The fourth-order valence-corrected chi connectivity index (χ4v) is 2.22. The smallest absolute Gasteiger partial charge is 0.124 e. The number of benzene rings is 2. The molecule has 0 bridgehead atoms. The molecule has 0 saturated heterocycles. The van der Waals surface area contributed by atoms with Gasteiger partial charge in [0.25, 0.3) is 0 Å². The van der Waals surface area contributed by atoms with Gasteiger partial charge in [-0.25, -0.2) is 0 Å². The van der Waals surface area contributed by atoms with Crippen molar-refractivity contribution in [3.05, 3.63) is 42.0 Å². The Balaban J connectivity index is 2.35. The predicted octanol–water partition coefficient (Wildman–Crippen LogP) is 2.62. The zero-order valence-corrected chi connectivity index (χ0v) is 8.44. The third kappa shape index (κ3) is 1.29. The van der Waals surface area contributed by atoms with Gasteiger partial charge >= 0.3 is 0 Å². The fraction of sp³-hybridized carbons (Fsp3) is 0.231. The van der Waals surface area contributed by atoms with E-state index in [0.717, 1.165) is 18.8 Å². The molecule has 3 rings (SSSR count). The number of hydrogen-bond acceptors (Lipinski definition) is 2. The largest absolute Gasteiger partial charge is 0.493 e. The normalized spacial score (nSPS) is 19.7. The van der Waals surface area contributed by atoms with Crippen LogP contribution in [0.15, 0.2) is 36.4 Å². The molecule has 0 fully saturated rings. The van der Waals surface area contributed by atoms with Crippen LogP contribution >= 0.6 is 0 Å². The van der Waals surface area contributed by atoms with Crippen LogP contribution < -0.4 is 10.5 Å². The summed E-state index contributed by atoms with van der Waals surface area (Å²) in [5.74, 6) is 0.951. The summed E-state index contributed by atoms with van der Waals surface area (Å²) in [6.45, 7) is 0.729. The fourth-order valence-electron chi connectivity index (χ4n) is 2.22. The lowest BCUT2D eigenvalue weighted by Gasteiger charge is -2.24. The molecule has 1 unspecified atom stereocenters. The van der Waals surface area contributed by atoms with E-state index < -0.39 is 0 Å². The summed E-state index contributed by atoms with van der Waals surface area (Å²) in [6.07, 6.45) is 0.904. The number of ether oxygens (including phenoxy) is 1. The standard InChI is InChI=1S/C13H13NO/c14-11-7-8-15-12-6-5-9-3-1-2-4-10(9)13(11)12/h1-6,11H,7-8,14H2. The van der Waals surface area contributed by atoms with Gasteiger partial charge in [0, 0.05) is 18.0 Å². The molecule has 0 spiro atoms. The van der Waals surface area contributed by atoms with Crippen LogP contribution in [0.25, 0.3) is 10.8 Å². The molecular formula is C13H13NO. The molecule has 76 valence electrons. The van der Waals surface area contributed by atoms with E-state index in [1.165, 1.54) is 16.3 Å². The minimum Gasteiger partial charge on any atom is -0.493 e. The Labute approximate surface area is 88.7 Å². The number of rotatable bonds is 0. The van der Waals surface area contributed by atoms with Crippen molar-refractivity contribution in [3.63, 3.8) is 0 Å². The lowest BCUT2D eigenvalue weighted by Crippen LogP contribution is -2.20. The van der Waals surface area contributed by atoms with Crippen molar-refractivity contribution < 1.29 is 4.74 Å². The van der Waals surface area contributed by atoms with Crippen LogP contribution in [0.5, 0.6) is 5.75 Å². The number of fused-ring (bicyclic) bond motifs is 3. The van der Waals surface area contributed by atoms with Gasteiger partial charge in [-0.1, -0.05) is 30.3 Å². The highest BCUT2D eigenvalue weighted by Crippen LogP contribution is 2.36. The highest BCUT2D eigenvalue weighted by molar-refractivity contribution is 5.88. The van der Waals surface area contributed by atoms with E-state index in [1.807, 2.05) is 18.2 Å². The van der Waals surface area contributed by atoms with E-state index in [4.69, 9.17) is 10.5 Å². The Morgan fingerprint density at radius 1 is 1.13 bits per heavy atom. The second-order valence-electron chi connectivity index (χ2n) is 3.94. The molecule has 2 N–H and O–H groups in total. The lowest BCUT2D eigenvalue weighted by molar-refractivity contribution is 0.270. The summed E-state index contributed by atoms with van der Waals surface area (Å²) in [7, 11) is 0. The van der Waals surface area contributed by atoms with Crippen molar-refractivity contribution in [2.24, 2.45) is 5.73 Å². The molecule has 0 amide bonds. The molecule has 2 aromatic carbocycles. The molecule has 0 radical (unpaired) electrons. The van der Waals surface area contributed by atoms with Crippen LogP contribution in [0.3, 0.4) is 0 Å². The van der Waals surface area contributed by atoms with Crippen molar-refractivity contribution in [2.75, 3.05) is 6.61 Å². The molecule has 1 aliphatic rings. The first-order valence-corrected chi connectivity index (χ1v) is 5.26. The van der Waals surface area contributed by atoms with E-state index in [9.17, 15) is 0 Å². The first kappa shape index (κ1) is 8.74. The van der Waals surface area contributed by atoms with Gasteiger partial charge in [-0.2, -0.15) is 0 Å². The Bertz CT molecular complexity index is 507. The topological polar surface area (TPSA) is 35.2 Å². The SMILES string of the molecule is NC1CCOc2ccc3ccccc3c21. The van der Waals surface area contributed by atoms with E-state index in [2.05, 4.69) is 18.2 Å². The van der Waals surface area contributed by atoms with Crippen LogP contribution in [-0.4, -0.2) is 6.61 Å². The summed E-state index contributed by atoms with van der Waals surface area (Å²) >= 11 is 0.